The minimum atomic E-state index is -2.37. The van der Waals surface area contributed by atoms with Crippen molar-refractivity contribution in [3.8, 4) is 0 Å². The van der Waals surface area contributed by atoms with Crippen LogP contribution in [0.5, 0.6) is 0 Å². The highest BCUT2D eigenvalue weighted by atomic mass is 32.2. The maximum Gasteiger partial charge on any atom is 0.175 e. The molecule has 3 atom stereocenters. The first-order valence-electron chi connectivity index (χ1n) is 4.12. The van der Waals surface area contributed by atoms with Gasteiger partial charge in [-0.2, -0.15) is 5.11 Å². The van der Waals surface area contributed by atoms with Crippen LogP contribution in [-0.2, 0) is 20.6 Å². The van der Waals surface area contributed by atoms with E-state index in [1.165, 1.54) is 0 Å². The second kappa shape index (κ2) is 3.76. The van der Waals surface area contributed by atoms with Gasteiger partial charge in [0.1, 0.15) is 12.6 Å². The molecule has 0 spiro atoms. The van der Waals surface area contributed by atoms with Crippen LogP contribution in [0.4, 0.5) is 0 Å². The zero-order chi connectivity index (χ0) is 10.1. The van der Waals surface area contributed by atoms with Crippen molar-refractivity contribution in [1.29, 1.82) is 0 Å². The molecule has 1 saturated heterocycles. The number of hydrogen-bond acceptors (Lipinski definition) is 6. The third-order valence-electron chi connectivity index (χ3n) is 2.20. The lowest BCUT2D eigenvalue weighted by Gasteiger charge is -2.26. The van der Waals surface area contributed by atoms with Crippen LogP contribution in [0.1, 0.15) is 6.42 Å². The lowest BCUT2D eigenvalue weighted by atomic mass is 10.1. The summed E-state index contributed by atoms with van der Waals surface area (Å²) in [5.41, 5.74) is 0. The Labute approximate surface area is 83.3 Å². The van der Waals surface area contributed by atoms with Gasteiger partial charge in [0.15, 0.2) is 10.8 Å². The van der Waals surface area contributed by atoms with Crippen LogP contribution in [-0.4, -0.2) is 34.6 Å². The Balaban J connectivity index is 2.18. The van der Waals surface area contributed by atoms with E-state index >= 15 is 0 Å². The third kappa shape index (κ3) is 1.58. The Morgan fingerprint density at radius 3 is 3.14 bits per heavy atom. The molecule has 0 aliphatic carbocycles. The number of ether oxygens (including phenoxy) is 2. The SMILES string of the molecule is CO[C@H]1COC2=C(S(=O)[O-])N=NC2C1. The molecule has 7 heteroatoms. The van der Waals surface area contributed by atoms with E-state index in [0.29, 0.717) is 18.8 Å². The Kier molecular flexibility index (Phi) is 2.62. The van der Waals surface area contributed by atoms with Crippen molar-refractivity contribution in [3.63, 3.8) is 0 Å². The fraction of sp³-hybridized carbons (Fsp3) is 0.714. The van der Waals surface area contributed by atoms with Crippen LogP contribution < -0.4 is 0 Å². The minimum absolute atomic E-state index is 0.0397. The Hall–Kier alpha value is -0.790. The van der Waals surface area contributed by atoms with Crippen LogP contribution in [0.15, 0.2) is 21.0 Å². The molecule has 6 nitrogen and oxygen atoms in total. The summed E-state index contributed by atoms with van der Waals surface area (Å²) in [4.78, 5) is 0. The van der Waals surface area contributed by atoms with E-state index in [1.807, 2.05) is 0 Å². The van der Waals surface area contributed by atoms with E-state index in [4.69, 9.17) is 9.47 Å². The number of nitrogens with zero attached hydrogens (tertiary/aromatic N) is 2. The number of rotatable bonds is 2. The summed E-state index contributed by atoms with van der Waals surface area (Å²) in [5.74, 6) is 0.353. The van der Waals surface area contributed by atoms with E-state index in [2.05, 4.69) is 10.2 Å². The van der Waals surface area contributed by atoms with Crippen molar-refractivity contribution in [2.75, 3.05) is 13.7 Å². The highest BCUT2D eigenvalue weighted by Crippen LogP contribution is 2.31. The lowest BCUT2D eigenvalue weighted by molar-refractivity contribution is -0.00437. The van der Waals surface area contributed by atoms with Crippen molar-refractivity contribution in [2.24, 2.45) is 10.2 Å². The van der Waals surface area contributed by atoms with Gasteiger partial charge in [-0.05, 0) is 0 Å². The highest BCUT2D eigenvalue weighted by Gasteiger charge is 2.33. The molecule has 0 amide bonds. The van der Waals surface area contributed by atoms with Gasteiger partial charge in [0.05, 0.1) is 6.10 Å². The standard InChI is InChI=1S/C7H10N2O4S/c1-12-4-2-5-6(13-3-4)7(9-8-5)14(10)11/h4-5H,2-3H2,1H3,(H,10,11)/p-1/t4-,5?/m1/s1. The molecule has 78 valence electrons. The average molecular weight is 217 g/mol. The molecule has 0 aromatic heterocycles. The second-order valence-corrected chi connectivity index (χ2v) is 3.90. The normalized spacial score (nSPS) is 32.7. The van der Waals surface area contributed by atoms with Crippen molar-refractivity contribution in [1.82, 2.24) is 0 Å². The van der Waals surface area contributed by atoms with Gasteiger partial charge in [0.2, 0.25) is 0 Å². The molecular weight excluding hydrogens is 208 g/mol. The molecule has 2 aliphatic heterocycles. The smallest absolute Gasteiger partial charge is 0.175 e. The maximum absolute atomic E-state index is 10.7. The molecule has 0 aromatic carbocycles. The third-order valence-corrected chi connectivity index (χ3v) is 2.80. The molecule has 0 N–H and O–H groups in total. The molecule has 14 heavy (non-hydrogen) atoms. The maximum atomic E-state index is 10.7. The zero-order valence-corrected chi connectivity index (χ0v) is 8.32. The monoisotopic (exact) mass is 217 g/mol. The molecule has 2 rings (SSSR count). The Bertz CT molecular complexity index is 328. The largest absolute Gasteiger partial charge is 0.767 e. The van der Waals surface area contributed by atoms with Crippen molar-refractivity contribution >= 4 is 11.1 Å². The van der Waals surface area contributed by atoms with Gasteiger partial charge in [-0.3, -0.25) is 4.21 Å². The summed E-state index contributed by atoms with van der Waals surface area (Å²) >= 11 is -2.37. The molecule has 2 aliphatic rings. The summed E-state index contributed by atoms with van der Waals surface area (Å²) in [5, 5.41) is 7.29. The molecule has 2 unspecified atom stereocenters. The van der Waals surface area contributed by atoms with E-state index in [9.17, 15) is 8.76 Å². The van der Waals surface area contributed by atoms with Crippen LogP contribution in [0.3, 0.4) is 0 Å². The van der Waals surface area contributed by atoms with Gasteiger partial charge in [0, 0.05) is 24.6 Å². The highest BCUT2D eigenvalue weighted by molar-refractivity contribution is 7.83. The molecule has 1 fully saturated rings. The van der Waals surface area contributed by atoms with Crippen molar-refractivity contribution < 1.29 is 18.2 Å². The molecule has 0 aromatic rings. The second-order valence-electron chi connectivity index (χ2n) is 3.04. The lowest BCUT2D eigenvalue weighted by Crippen LogP contribution is -2.31. The van der Waals surface area contributed by atoms with Gasteiger partial charge in [-0.15, -0.1) is 5.11 Å². The fourth-order valence-corrected chi connectivity index (χ4v) is 1.93. The van der Waals surface area contributed by atoms with Crippen molar-refractivity contribution in [2.45, 2.75) is 18.6 Å². The fourth-order valence-electron chi connectivity index (χ4n) is 1.46. The van der Waals surface area contributed by atoms with E-state index in [0.717, 1.165) is 0 Å². The van der Waals surface area contributed by atoms with E-state index in [-0.39, 0.29) is 17.2 Å². The van der Waals surface area contributed by atoms with Gasteiger partial charge >= 0.3 is 0 Å². The first-order valence-corrected chi connectivity index (χ1v) is 5.19. The van der Waals surface area contributed by atoms with Gasteiger partial charge in [-0.1, -0.05) is 0 Å². The zero-order valence-electron chi connectivity index (χ0n) is 7.50. The Morgan fingerprint density at radius 2 is 2.50 bits per heavy atom. The Morgan fingerprint density at radius 1 is 1.71 bits per heavy atom. The first-order chi connectivity index (χ1) is 6.72. The molecule has 0 radical (unpaired) electrons. The van der Waals surface area contributed by atoms with E-state index in [1.54, 1.807) is 7.11 Å². The molecule has 0 saturated carbocycles. The van der Waals surface area contributed by atoms with Crippen LogP contribution >= 0.6 is 0 Å². The minimum Gasteiger partial charge on any atom is -0.767 e. The number of hydrogen-bond donors (Lipinski definition) is 0. The van der Waals surface area contributed by atoms with Gasteiger partial charge < -0.3 is 14.0 Å². The number of methoxy groups -OCH3 is 1. The van der Waals surface area contributed by atoms with Crippen LogP contribution in [0, 0.1) is 0 Å². The summed E-state index contributed by atoms with van der Waals surface area (Å²) in [6.07, 6.45) is 0.581. The quantitative estimate of drug-likeness (QED) is 0.623. The first kappa shape index (κ1) is 9.75. The molecular formula is C7H9N2O4S-. The average Bonchev–Trinajstić information content (AvgIpc) is 2.59. The van der Waals surface area contributed by atoms with Gasteiger partial charge in [-0.25, -0.2) is 0 Å². The molecule has 2 heterocycles. The number of azo groups is 1. The van der Waals surface area contributed by atoms with E-state index < -0.39 is 11.1 Å². The predicted molar refractivity (Wildman–Crippen MR) is 46.0 cm³/mol. The van der Waals surface area contributed by atoms with Crippen molar-refractivity contribution in [3.05, 3.63) is 10.8 Å². The topological polar surface area (TPSA) is 83.3 Å². The summed E-state index contributed by atoms with van der Waals surface area (Å²) in [6.45, 7) is 0.355. The van der Waals surface area contributed by atoms with Crippen LogP contribution in [0.2, 0.25) is 0 Å². The summed E-state index contributed by atoms with van der Waals surface area (Å²) < 4.78 is 31.7. The van der Waals surface area contributed by atoms with Crippen LogP contribution in [0.25, 0.3) is 0 Å². The molecule has 0 bridgehead atoms. The predicted octanol–water partition coefficient (Wildman–Crippen LogP) is 0.304. The summed E-state index contributed by atoms with van der Waals surface area (Å²) in [6, 6.07) is -0.290. The number of fused-ring (bicyclic) bond motifs is 1. The van der Waals surface area contributed by atoms with Gasteiger partial charge in [0.25, 0.3) is 0 Å². The summed E-state index contributed by atoms with van der Waals surface area (Å²) in [7, 11) is 1.58.